The number of ketones is 2. The molecule has 1 saturated heterocycles. The smallest absolute Gasteiger partial charge is 0.340 e. The monoisotopic (exact) mass is 421 g/mol. The molecule has 1 saturated carbocycles. The quantitative estimate of drug-likeness (QED) is 0.521. The Morgan fingerprint density at radius 2 is 2.00 bits per heavy atom. The van der Waals surface area contributed by atoms with Crippen LogP contribution >= 0.6 is 0 Å². The second-order valence-corrected chi connectivity index (χ2v) is 9.63. The van der Waals surface area contributed by atoms with Crippen LogP contribution in [0.1, 0.15) is 52.4 Å². The molecule has 0 spiro atoms. The number of nitrogens with one attached hydrogen (secondary N) is 1. The van der Waals surface area contributed by atoms with Gasteiger partial charge in [0.2, 0.25) is 5.78 Å². The van der Waals surface area contributed by atoms with Crippen LogP contribution in [-0.4, -0.2) is 29.2 Å². The van der Waals surface area contributed by atoms with Crippen LogP contribution in [0.2, 0.25) is 0 Å². The molecular formula is C25H27NO5. The van der Waals surface area contributed by atoms with E-state index in [0.717, 1.165) is 24.1 Å². The maximum Gasteiger partial charge on any atom is 0.340 e. The summed E-state index contributed by atoms with van der Waals surface area (Å²) < 4.78 is 5.55. The summed E-state index contributed by atoms with van der Waals surface area (Å²) in [7, 11) is 0. The minimum absolute atomic E-state index is 0.0780. The fourth-order valence-corrected chi connectivity index (χ4v) is 6.08. The van der Waals surface area contributed by atoms with Gasteiger partial charge in [0.1, 0.15) is 12.4 Å². The van der Waals surface area contributed by atoms with Gasteiger partial charge in [-0.05, 0) is 50.7 Å². The van der Waals surface area contributed by atoms with E-state index in [1.807, 2.05) is 32.1 Å². The van der Waals surface area contributed by atoms with Crippen molar-refractivity contribution < 1.29 is 24.2 Å². The topological polar surface area (TPSA) is 92.7 Å². The van der Waals surface area contributed by atoms with E-state index in [2.05, 4.69) is 5.32 Å². The molecule has 0 amide bonds. The van der Waals surface area contributed by atoms with Gasteiger partial charge in [0.25, 0.3) is 0 Å². The fourth-order valence-electron chi connectivity index (χ4n) is 6.08. The number of aliphatic hydroxyl groups excluding tert-OH is 1. The normalized spacial score (nSPS) is 36.2. The predicted molar refractivity (Wildman–Crippen MR) is 114 cm³/mol. The fraction of sp³-hybridized carbons (Fsp3) is 0.480. The summed E-state index contributed by atoms with van der Waals surface area (Å²) in [4.78, 5) is 38.7. The van der Waals surface area contributed by atoms with E-state index < -0.39 is 22.6 Å². The summed E-state index contributed by atoms with van der Waals surface area (Å²) in [6.07, 6.45) is 11.8. The van der Waals surface area contributed by atoms with Crippen molar-refractivity contribution >= 4 is 17.5 Å². The van der Waals surface area contributed by atoms with Gasteiger partial charge < -0.3 is 15.2 Å². The maximum absolute atomic E-state index is 13.4. The molecule has 6 nitrogen and oxygen atoms in total. The number of hydrogen-bond acceptors (Lipinski definition) is 6. The van der Waals surface area contributed by atoms with Gasteiger partial charge in [-0.15, -0.1) is 0 Å². The number of carbonyl (C=O) groups excluding carboxylic acids is 3. The highest BCUT2D eigenvalue weighted by Gasteiger charge is 2.58. The first-order valence-corrected chi connectivity index (χ1v) is 11.0. The highest BCUT2D eigenvalue weighted by atomic mass is 16.5. The second kappa shape index (κ2) is 6.81. The molecule has 2 N–H and O–H groups in total. The third-order valence-electron chi connectivity index (χ3n) is 7.91. The molecule has 1 heterocycles. The molecule has 3 atom stereocenters. The molecule has 0 aromatic heterocycles. The van der Waals surface area contributed by atoms with Crippen LogP contribution in [0.5, 0.6) is 0 Å². The lowest BCUT2D eigenvalue weighted by Gasteiger charge is -2.48. The molecule has 1 aliphatic heterocycles. The van der Waals surface area contributed by atoms with Gasteiger partial charge in [-0.3, -0.25) is 9.59 Å². The number of rotatable bonds is 2. The Bertz CT molecular complexity index is 1070. The number of Topliss-reactive ketones (excluding diaryl/α,β-unsaturated/α-hetero) is 2. The highest BCUT2D eigenvalue weighted by Crippen LogP contribution is 2.60. The van der Waals surface area contributed by atoms with Crippen LogP contribution in [0.3, 0.4) is 0 Å². The lowest BCUT2D eigenvalue weighted by molar-refractivity contribution is -0.143. The van der Waals surface area contributed by atoms with Crippen LogP contribution in [0.15, 0.2) is 58.2 Å². The highest BCUT2D eigenvalue weighted by molar-refractivity contribution is 6.13. The zero-order chi connectivity index (χ0) is 22.0. The van der Waals surface area contributed by atoms with Gasteiger partial charge in [-0.2, -0.15) is 0 Å². The van der Waals surface area contributed by atoms with Crippen LogP contribution in [0.25, 0.3) is 0 Å². The Hall–Kier alpha value is -2.89. The molecule has 162 valence electrons. The molecule has 3 unspecified atom stereocenters. The number of esters is 1. The van der Waals surface area contributed by atoms with E-state index in [1.165, 1.54) is 6.20 Å². The minimum Gasteiger partial charge on any atom is -0.504 e. The van der Waals surface area contributed by atoms with E-state index in [0.29, 0.717) is 36.8 Å². The molecule has 0 bridgehead atoms. The number of ether oxygens (including phenoxy) is 1. The summed E-state index contributed by atoms with van der Waals surface area (Å²) in [5.41, 5.74) is 1.55. The molecule has 0 aromatic rings. The first-order valence-electron chi connectivity index (χ1n) is 11.0. The van der Waals surface area contributed by atoms with Crippen molar-refractivity contribution in [1.82, 2.24) is 5.32 Å². The number of fused-ring (bicyclic) bond motifs is 4. The number of allylic oxidation sites excluding steroid dienone is 4. The first kappa shape index (κ1) is 20.0. The van der Waals surface area contributed by atoms with Crippen molar-refractivity contribution in [3.05, 3.63) is 58.2 Å². The zero-order valence-electron chi connectivity index (χ0n) is 17.9. The van der Waals surface area contributed by atoms with E-state index in [9.17, 15) is 19.5 Å². The summed E-state index contributed by atoms with van der Waals surface area (Å²) in [5, 5.41) is 14.2. The number of carbonyl (C=O) groups is 3. The Labute approximate surface area is 181 Å². The lowest BCUT2D eigenvalue weighted by Crippen LogP contribution is -2.47. The average Bonchev–Trinajstić information content (AvgIpc) is 3.07. The maximum atomic E-state index is 13.4. The summed E-state index contributed by atoms with van der Waals surface area (Å²) in [6, 6.07) is 0. The average molecular weight is 421 g/mol. The van der Waals surface area contributed by atoms with E-state index in [1.54, 1.807) is 0 Å². The standard InChI is InChI=1S/C25H27NO5/c1-24-11-10-17-19(16(24)8-9-18(24)27)21(28)22(29)20-15(23(30)31-13-25(17,20)2)12-26-14-6-4-3-5-7-14/h4,6-7,12,16,26,29H,3,5,8-11,13H2,1-2H3/b15-12+. The van der Waals surface area contributed by atoms with Gasteiger partial charge in [0.05, 0.1) is 11.0 Å². The number of hydrogen-bond donors (Lipinski definition) is 2. The molecule has 0 aromatic carbocycles. The van der Waals surface area contributed by atoms with Crippen molar-refractivity contribution in [2.24, 2.45) is 16.7 Å². The summed E-state index contributed by atoms with van der Waals surface area (Å²) in [6.45, 7) is 3.96. The molecule has 6 heteroatoms. The van der Waals surface area contributed by atoms with Crippen LogP contribution in [-0.2, 0) is 19.1 Å². The van der Waals surface area contributed by atoms with E-state index in [4.69, 9.17) is 4.74 Å². The van der Waals surface area contributed by atoms with Crippen LogP contribution < -0.4 is 5.32 Å². The van der Waals surface area contributed by atoms with Crippen molar-refractivity contribution in [2.45, 2.75) is 52.4 Å². The summed E-state index contributed by atoms with van der Waals surface area (Å²) in [5.74, 6) is -1.36. The third-order valence-corrected chi connectivity index (χ3v) is 7.91. The molecule has 0 radical (unpaired) electrons. The lowest BCUT2D eigenvalue weighted by atomic mass is 9.56. The van der Waals surface area contributed by atoms with Crippen LogP contribution in [0, 0.1) is 16.7 Å². The van der Waals surface area contributed by atoms with Crippen molar-refractivity contribution in [2.75, 3.05) is 6.61 Å². The minimum atomic E-state index is -0.779. The van der Waals surface area contributed by atoms with Gasteiger partial charge in [0.15, 0.2) is 5.76 Å². The molecular weight excluding hydrogens is 394 g/mol. The van der Waals surface area contributed by atoms with Gasteiger partial charge in [0, 0.05) is 40.8 Å². The molecule has 31 heavy (non-hydrogen) atoms. The van der Waals surface area contributed by atoms with Gasteiger partial charge in [-0.1, -0.05) is 19.1 Å². The molecule has 5 aliphatic rings. The van der Waals surface area contributed by atoms with Gasteiger partial charge in [-0.25, -0.2) is 4.79 Å². The third kappa shape index (κ3) is 2.73. The Balaban J connectivity index is 1.60. The zero-order valence-corrected chi connectivity index (χ0v) is 17.9. The van der Waals surface area contributed by atoms with E-state index in [-0.39, 0.29) is 29.6 Å². The Morgan fingerprint density at radius 3 is 2.74 bits per heavy atom. The van der Waals surface area contributed by atoms with Crippen molar-refractivity contribution in [1.29, 1.82) is 0 Å². The largest absolute Gasteiger partial charge is 0.504 e. The summed E-state index contributed by atoms with van der Waals surface area (Å²) >= 11 is 0. The molecule has 2 fully saturated rings. The van der Waals surface area contributed by atoms with Gasteiger partial charge >= 0.3 is 5.97 Å². The van der Waals surface area contributed by atoms with Crippen molar-refractivity contribution in [3.8, 4) is 0 Å². The van der Waals surface area contributed by atoms with E-state index >= 15 is 0 Å². The van der Waals surface area contributed by atoms with Crippen molar-refractivity contribution in [3.63, 3.8) is 0 Å². The first-order chi connectivity index (χ1) is 14.8. The number of aliphatic hydroxyl groups is 1. The second-order valence-electron chi connectivity index (χ2n) is 9.63. The Kier molecular flexibility index (Phi) is 4.40. The predicted octanol–water partition coefficient (Wildman–Crippen LogP) is 3.73. The number of cyclic esters (lactones) is 1. The molecule has 5 rings (SSSR count). The molecule has 4 aliphatic carbocycles. The SMILES string of the molecule is CC12COC(=O)/C(=C/NC3=CCCC=C3)C1=C(O)C(=O)C1=C2CCC2(C)C(=O)CCC12. The Morgan fingerprint density at radius 1 is 1.19 bits per heavy atom. The van der Waals surface area contributed by atoms with Crippen LogP contribution in [0.4, 0.5) is 0 Å².